The zero-order valence-corrected chi connectivity index (χ0v) is 14.6. The molecule has 0 amide bonds. The monoisotopic (exact) mass is 318 g/mol. The SMILES string of the molecule is CCCCCC/C=C/c1ccccc1OCCCC(=O)OCC. The van der Waals surface area contributed by atoms with Crippen LogP contribution in [0.3, 0.4) is 0 Å². The molecule has 0 atom stereocenters. The van der Waals surface area contributed by atoms with Gasteiger partial charge in [-0.2, -0.15) is 0 Å². The smallest absolute Gasteiger partial charge is 0.305 e. The first kappa shape index (κ1) is 19.3. The van der Waals surface area contributed by atoms with Crippen molar-refractivity contribution in [3.8, 4) is 5.75 Å². The summed E-state index contributed by atoms with van der Waals surface area (Å²) in [6.45, 7) is 5.01. The molecule has 23 heavy (non-hydrogen) atoms. The average Bonchev–Trinajstić information content (AvgIpc) is 2.56. The number of benzene rings is 1. The van der Waals surface area contributed by atoms with Gasteiger partial charge in [0.05, 0.1) is 13.2 Å². The molecule has 0 saturated carbocycles. The van der Waals surface area contributed by atoms with Gasteiger partial charge in [0.2, 0.25) is 0 Å². The number of unbranched alkanes of at least 4 members (excludes halogenated alkanes) is 4. The van der Waals surface area contributed by atoms with Gasteiger partial charge >= 0.3 is 5.97 Å². The molecule has 0 unspecified atom stereocenters. The molecule has 0 aliphatic rings. The highest BCUT2D eigenvalue weighted by Gasteiger charge is 2.03. The predicted molar refractivity (Wildman–Crippen MR) is 95.6 cm³/mol. The summed E-state index contributed by atoms with van der Waals surface area (Å²) < 4.78 is 10.7. The van der Waals surface area contributed by atoms with Crippen LogP contribution in [0.2, 0.25) is 0 Å². The van der Waals surface area contributed by atoms with Crippen LogP contribution in [0.5, 0.6) is 5.75 Å². The molecule has 0 N–H and O–H groups in total. The summed E-state index contributed by atoms with van der Waals surface area (Å²) in [5.41, 5.74) is 1.10. The lowest BCUT2D eigenvalue weighted by atomic mass is 10.1. The summed E-state index contributed by atoms with van der Waals surface area (Å²) in [6, 6.07) is 8.02. The summed E-state index contributed by atoms with van der Waals surface area (Å²) >= 11 is 0. The number of ether oxygens (including phenoxy) is 2. The van der Waals surface area contributed by atoms with Crippen LogP contribution in [0.1, 0.15) is 64.4 Å². The molecule has 1 aromatic carbocycles. The molecule has 0 fully saturated rings. The van der Waals surface area contributed by atoms with E-state index in [1.165, 1.54) is 25.7 Å². The van der Waals surface area contributed by atoms with E-state index in [0.29, 0.717) is 26.1 Å². The van der Waals surface area contributed by atoms with E-state index >= 15 is 0 Å². The number of esters is 1. The van der Waals surface area contributed by atoms with Gasteiger partial charge in [-0.25, -0.2) is 0 Å². The van der Waals surface area contributed by atoms with Crippen LogP contribution in [0.4, 0.5) is 0 Å². The lowest BCUT2D eigenvalue weighted by Gasteiger charge is -2.09. The van der Waals surface area contributed by atoms with E-state index in [2.05, 4.69) is 25.1 Å². The third kappa shape index (κ3) is 9.07. The van der Waals surface area contributed by atoms with Crippen LogP contribution in [0.15, 0.2) is 30.3 Å². The van der Waals surface area contributed by atoms with Gasteiger partial charge in [-0.3, -0.25) is 4.79 Å². The van der Waals surface area contributed by atoms with E-state index in [0.717, 1.165) is 17.7 Å². The van der Waals surface area contributed by atoms with Crippen LogP contribution < -0.4 is 4.74 Å². The molecule has 1 rings (SSSR count). The molecule has 1 aromatic rings. The minimum Gasteiger partial charge on any atom is -0.493 e. The second-order valence-electron chi connectivity index (χ2n) is 5.55. The van der Waals surface area contributed by atoms with E-state index in [1.54, 1.807) is 0 Å². The van der Waals surface area contributed by atoms with Crippen LogP contribution in [-0.4, -0.2) is 19.2 Å². The third-order valence-electron chi connectivity index (χ3n) is 3.53. The maximum absolute atomic E-state index is 11.3. The molecule has 0 aliphatic carbocycles. The lowest BCUT2D eigenvalue weighted by molar-refractivity contribution is -0.143. The second-order valence-corrected chi connectivity index (χ2v) is 5.55. The van der Waals surface area contributed by atoms with Crippen molar-refractivity contribution >= 4 is 12.0 Å². The van der Waals surface area contributed by atoms with Crippen LogP contribution >= 0.6 is 0 Å². The largest absolute Gasteiger partial charge is 0.493 e. The molecule has 128 valence electrons. The van der Waals surface area contributed by atoms with Crippen molar-refractivity contribution in [3.05, 3.63) is 35.9 Å². The van der Waals surface area contributed by atoms with E-state index in [1.807, 2.05) is 25.1 Å². The van der Waals surface area contributed by atoms with Crippen molar-refractivity contribution in [2.24, 2.45) is 0 Å². The minimum atomic E-state index is -0.156. The molecule has 0 bridgehead atoms. The molecule has 0 spiro atoms. The standard InChI is InChI=1S/C20H30O3/c1-3-5-6-7-8-9-13-18-14-10-11-15-19(18)23-17-12-16-20(21)22-4-2/h9-11,13-15H,3-8,12,16-17H2,1-2H3/b13-9+. The molecule has 0 aromatic heterocycles. The van der Waals surface area contributed by atoms with E-state index in [9.17, 15) is 4.79 Å². The summed E-state index contributed by atoms with van der Waals surface area (Å²) in [6.07, 6.45) is 11.7. The fourth-order valence-corrected chi connectivity index (χ4v) is 2.28. The Labute approximate surface area is 140 Å². The van der Waals surface area contributed by atoms with Crippen molar-refractivity contribution in [3.63, 3.8) is 0 Å². The van der Waals surface area contributed by atoms with E-state index in [4.69, 9.17) is 9.47 Å². The number of rotatable bonds is 12. The third-order valence-corrected chi connectivity index (χ3v) is 3.53. The minimum absolute atomic E-state index is 0.156. The van der Waals surface area contributed by atoms with Gasteiger partial charge in [-0.05, 0) is 32.3 Å². The molecule has 0 radical (unpaired) electrons. The topological polar surface area (TPSA) is 35.5 Å². The van der Waals surface area contributed by atoms with E-state index < -0.39 is 0 Å². The summed E-state index contributed by atoms with van der Waals surface area (Å²) in [5, 5.41) is 0. The maximum Gasteiger partial charge on any atom is 0.305 e. The Hall–Kier alpha value is -1.77. The van der Waals surface area contributed by atoms with Gasteiger partial charge in [-0.15, -0.1) is 0 Å². The van der Waals surface area contributed by atoms with Gasteiger partial charge in [-0.1, -0.05) is 56.5 Å². The molecular formula is C20H30O3. The highest BCUT2D eigenvalue weighted by atomic mass is 16.5. The molecule has 0 heterocycles. The van der Waals surface area contributed by atoms with Gasteiger partial charge in [0, 0.05) is 12.0 Å². The van der Waals surface area contributed by atoms with Crippen molar-refractivity contribution in [2.45, 2.75) is 58.8 Å². The van der Waals surface area contributed by atoms with Gasteiger partial charge in [0.25, 0.3) is 0 Å². The Bertz CT molecular complexity index is 466. The lowest BCUT2D eigenvalue weighted by Crippen LogP contribution is -2.07. The fourth-order valence-electron chi connectivity index (χ4n) is 2.28. The average molecular weight is 318 g/mol. The van der Waals surface area contributed by atoms with Crippen molar-refractivity contribution in [1.29, 1.82) is 0 Å². The number of hydrogen-bond acceptors (Lipinski definition) is 3. The van der Waals surface area contributed by atoms with Crippen molar-refractivity contribution in [2.75, 3.05) is 13.2 Å². The second kappa shape index (κ2) is 12.7. The fraction of sp³-hybridized carbons (Fsp3) is 0.550. The first-order valence-electron chi connectivity index (χ1n) is 8.82. The normalized spacial score (nSPS) is 10.9. The Morgan fingerprint density at radius 1 is 1.09 bits per heavy atom. The Morgan fingerprint density at radius 2 is 1.91 bits per heavy atom. The summed E-state index contributed by atoms with van der Waals surface area (Å²) in [4.78, 5) is 11.3. The number of para-hydroxylation sites is 1. The molecule has 0 saturated heterocycles. The zero-order chi connectivity index (χ0) is 16.8. The molecule has 3 heteroatoms. The van der Waals surface area contributed by atoms with Crippen LogP contribution in [0.25, 0.3) is 6.08 Å². The predicted octanol–water partition coefficient (Wildman–Crippen LogP) is 5.39. The first-order valence-corrected chi connectivity index (χ1v) is 8.82. The van der Waals surface area contributed by atoms with Crippen LogP contribution in [0, 0.1) is 0 Å². The van der Waals surface area contributed by atoms with Gasteiger partial charge in [0.1, 0.15) is 5.75 Å². The highest BCUT2D eigenvalue weighted by molar-refractivity contribution is 5.69. The molecule has 3 nitrogen and oxygen atoms in total. The Kier molecular flexibility index (Phi) is 10.7. The number of hydrogen-bond donors (Lipinski definition) is 0. The molecular weight excluding hydrogens is 288 g/mol. The highest BCUT2D eigenvalue weighted by Crippen LogP contribution is 2.20. The van der Waals surface area contributed by atoms with Crippen molar-refractivity contribution in [1.82, 2.24) is 0 Å². The van der Waals surface area contributed by atoms with Gasteiger partial charge < -0.3 is 9.47 Å². The maximum atomic E-state index is 11.3. The quantitative estimate of drug-likeness (QED) is 0.383. The number of carbonyl (C=O) groups excluding carboxylic acids is 1. The van der Waals surface area contributed by atoms with Gasteiger partial charge in [0.15, 0.2) is 0 Å². The molecule has 0 aliphatic heterocycles. The van der Waals surface area contributed by atoms with Crippen molar-refractivity contribution < 1.29 is 14.3 Å². The first-order chi connectivity index (χ1) is 11.3. The number of carbonyl (C=O) groups is 1. The summed E-state index contributed by atoms with van der Waals surface area (Å²) in [7, 11) is 0. The number of allylic oxidation sites excluding steroid dienone is 1. The van der Waals surface area contributed by atoms with E-state index in [-0.39, 0.29) is 5.97 Å². The zero-order valence-electron chi connectivity index (χ0n) is 14.6. The Balaban J connectivity index is 2.35. The van der Waals surface area contributed by atoms with Crippen LogP contribution in [-0.2, 0) is 9.53 Å². The summed E-state index contributed by atoms with van der Waals surface area (Å²) in [5.74, 6) is 0.720. The Morgan fingerprint density at radius 3 is 2.70 bits per heavy atom.